The van der Waals surface area contributed by atoms with Crippen LogP contribution in [0.4, 0.5) is 0 Å². The summed E-state index contributed by atoms with van der Waals surface area (Å²) in [4.78, 5) is 0. The second-order valence-corrected chi connectivity index (χ2v) is 35.5. The number of hydrogen-bond acceptors (Lipinski definition) is 0. The summed E-state index contributed by atoms with van der Waals surface area (Å²) in [7, 11) is -6.53. The van der Waals surface area contributed by atoms with Crippen molar-refractivity contribution in [3.8, 4) is 45.9 Å². The van der Waals surface area contributed by atoms with Crippen LogP contribution in [0.25, 0.3) is 53.9 Å². The average molecular weight is 635 g/mol. The molecule has 6 rings (SSSR count). The van der Waals surface area contributed by atoms with Crippen LogP contribution < -0.4 is 0 Å². The molecule has 44 heavy (non-hydrogen) atoms. The molecule has 0 amide bonds. The van der Waals surface area contributed by atoms with Gasteiger partial charge in [-0.2, -0.15) is 0 Å². The van der Waals surface area contributed by atoms with Crippen LogP contribution in [-0.4, -0.2) is 32.3 Å². The number of rotatable bonds is 0. The molecule has 0 atom stereocenters. The highest BCUT2D eigenvalue weighted by Gasteiger charge is 2.27. The first kappa shape index (κ1) is 30.5. The van der Waals surface area contributed by atoms with E-state index in [1.54, 1.807) is 0 Å². The molecule has 0 radical (unpaired) electrons. The molecular weight excluding hydrogens is 593 g/mol. The largest absolute Gasteiger partial charge is 0.129 e. The SMILES string of the molecule is C[Si](C)(C)C#Cc1c(C#C[Si](C)(C)C)c2ccc3c(C#C[Si](C)(C)C)c(C#C[Si](C)(C)C)c4ccc5ccc1c1c5c4c3c21. The zero-order chi connectivity index (χ0) is 32.0. The lowest BCUT2D eigenvalue weighted by atomic mass is 9.89. The minimum Gasteiger partial charge on any atom is -0.127 e. The summed E-state index contributed by atoms with van der Waals surface area (Å²) in [6.45, 7) is 27.8. The lowest BCUT2D eigenvalue weighted by molar-refractivity contribution is 1.71. The maximum Gasteiger partial charge on any atom is 0.129 e. The number of benzene rings is 5. The van der Waals surface area contributed by atoms with E-state index in [0.29, 0.717) is 0 Å². The van der Waals surface area contributed by atoms with Crippen molar-refractivity contribution in [2.45, 2.75) is 78.6 Å². The van der Waals surface area contributed by atoms with Crippen LogP contribution in [0.2, 0.25) is 78.6 Å². The van der Waals surface area contributed by atoms with E-state index < -0.39 is 32.3 Å². The van der Waals surface area contributed by atoms with E-state index in [9.17, 15) is 0 Å². The molecule has 0 nitrogen and oxygen atoms in total. The highest BCUT2D eigenvalue weighted by atomic mass is 28.3. The normalized spacial score (nSPS) is 12.7. The van der Waals surface area contributed by atoms with Gasteiger partial charge < -0.3 is 0 Å². The third kappa shape index (κ3) is 5.47. The summed E-state index contributed by atoms with van der Waals surface area (Å²) in [5, 5.41) is 12.9. The van der Waals surface area contributed by atoms with Gasteiger partial charge in [0.2, 0.25) is 0 Å². The van der Waals surface area contributed by atoms with Crippen LogP contribution in [0.3, 0.4) is 0 Å². The van der Waals surface area contributed by atoms with E-state index in [0.717, 1.165) is 22.3 Å². The van der Waals surface area contributed by atoms with Crippen molar-refractivity contribution in [1.82, 2.24) is 0 Å². The molecule has 0 aliphatic carbocycles. The fourth-order valence-electron chi connectivity index (χ4n) is 5.95. The van der Waals surface area contributed by atoms with Gasteiger partial charge in [0.05, 0.1) is 0 Å². The number of hydrogen-bond donors (Lipinski definition) is 0. The van der Waals surface area contributed by atoms with Gasteiger partial charge in [-0.05, 0) is 43.1 Å². The zero-order valence-corrected chi connectivity index (χ0v) is 32.5. The van der Waals surface area contributed by atoms with Gasteiger partial charge in [0, 0.05) is 33.0 Å². The van der Waals surface area contributed by atoms with Gasteiger partial charge >= 0.3 is 0 Å². The standard InChI is InChI=1S/C40H42Si4/c1-41(2,3)23-19-28-30(21-25-43(7,8)9)34-17-18-35-31(22-26-44(10,11)12)29(20-24-42(4,5)6)33-16-14-27-13-15-32(28)37-36(27)38(33)40(35)39(34)37/h13-18H,1-12H3. The Hall–Kier alpha value is -3.49. The lowest BCUT2D eigenvalue weighted by Crippen LogP contribution is -2.17. The van der Waals surface area contributed by atoms with E-state index in [2.05, 4.69) is 161 Å². The van der Waals surface area contributed by atoms with Gasteiger partial charge in [0.1, 0.15) is 32.3 Å². The van der Waals surface area contributed by atoms with E-state index in [1.807, 2.05) is 0 Å². The average Bonchev–Trinajstić information content (AvgIpc) is 3.25. The Morgan fingerprint density at radius 1 is 0.318 bits per heavy atom. The predicted molar refractivity (Wildman–Crippen MR) is 208 cm³/mol. The molecule has 0 N–H and O–H groups in total. The van der Waals surface area contributed by atoms with E-state index in [4.69, 9.17) is 0 Å². The molecule has 6 aromatic rings. The zero-order valence-electron chi connectivity index (χ0n) is 28.5. The minimum absolute atomic E-state index is 1.10. The van der Waals surface area contributed by atoms with Crippen LogP contribution >= 0.6 is 0 Å². The predicted octanol–water partition coefficient (Wildman–Crippen LogP) is 10.7. The van der Waals surface area contributed by atoms with Crippen molar-refractivity contribution < 1.29 is 0 Å². The highest BCUT2D eigenvalue weighted by Crippen LogP contribution is 2.51. The molecular formula is C40H42Si4. The van der Waals surface area contributed by atoms with Crippen LogP contribution in [0.5, 0.6) is 0 Å². The third-order valence-corrected chi connectivity index (χ3v) is 11.2. The molecule has 0 aliphatic rings. The van der Waals surface area contributed by atoms with Crippen molar-refractivity contribution in [2.24, 2.45) is 0 Å². The highest BCUT2D eigenvalue weighted by molar-refractivity contribution is 6.85. The second-order valence-electron chi connectivity index (χ2n) is 16.5. The molecule has 218 valence electrons. The maximum absolute atomic E-state index is 3.73. The van der Waals surface area contributed by atoms with Gasteiger partial charge in [-0.3, -0.25) is 0 Å². The van der Waals surface area contributed by atoms with Gasteiger partial charge in [-0.15, -0.1) is 22.2 Å². The van der Waals surface area contributed by atoms with Crippen molar-refractivity contribution >= 4 is 86.2 Å². The first-order valence-electron chi connectivity index (χ1n) is 15.7. The third-order valence-electron chi connectivity index (χ3n) is 7.72. The molecule has 0 spiro atoms. The molecule has 0 bridgehead atoms. The summed E-state index contributed by atoms with van der Waals surface area (Å²) in [6, 6.07) is 13.8. The molecule has 0 unspecified atom stereocenters. The molecule has 0 saturated heterocycles. The van der Waals surface area contributed by atoms with Crippen molar-refractivity contribution in [1.29, 1.82) is 0 Å². The minimum atomic E-state index is -1.64. The van der Waals surface area contributed by atoms with Crippen LogP contribution in [0.1, 0.15) is 22.3 Å². The first-order chi connectivity index (χ1) is 20.3. The smallest absolute Gasteiger partial charge is 0.127 e. The Kier molecular flexibility index (Phi) is 6.94. The van der Waals surface area contributed by atoms with Gasteiger partial charge in [-0.25, -0.2) is 0 Å². The quantitative estimate of drug-likeness (QED) is 0.0886. The molecule has 0 aliphatic heterocycles. The Bertz CT molecular complexity index is 2200. The Morgan fingerprint density at radius 2 is 0.545 bits per heavy atom. The molecule has 4 heteroatoms. The van der Waals surface area contributed by atoms with Crippen LogP contribution in [0, 0.1) is 45.9 Å². The summed E-state index contributed by atoms with van der Waals surface area (Å²) >= 11 is 0. The summed E-state index contributed by atoms with van der Waals surface area (Å²) in [5.74, 6) is 14.9. The Labute approximate surface area is 268 Å². The Balaban J connectivity index is 1.92. The van der Waals surface area contributed by atoms with Gasteiger partial charge in [-0.1, -0.05) is 139 Å². The van der Waals surface area contributed by atoms with E-state index in [1.165, 1.54) is 53.9 Å². The van der Waals surface area contributed by atoms with Crippen molar-refractivity contribution in [3.05, 3.63) is 58.7 Å². The van der Waals surface area contributed by atoms with Gasteiger partial charge in [0.25, 0.3) is 0 Å². The fraction of sp³-hybridized carbons (Fsp3) is 0.300. The summed E-state index contributed by atoms with van der Waals surface area (Å²) in [5.41, 5.74) is 19.2. The van der Waals surface area contributed by atoms with Crippen molar-refractivity contribution in [3.63, 3.8) is 0 Å². The second kappa shape index (κ2) is 10.0. The topological polar surface area (TPSA) is 0 Å². The molecule has 0 saturated carbocycles. The molecule has 0 fully saturated rings. The van der Waals surface area contributed by atoms with E-state index in [-0.39, 0.29) is 0 Å². The van der Waals surface area contributed by atoms with Crippen LogP contribution in [0.15, 0.2) is 36.4 Å². The fourth-order valence-corrected chi connectivity index (χ4v) is 7.95. The molecule has 0 aromatic heterocycles. The van der Waals surface area contributed by atoms with E-state index >= 15 is 0 Å². The monoisotopic (exact) mass is 634 g/mol. The lowest BCUT2D eigenvalue weighted by Gasteiger charge is -2.14. The van der Waals surface area contributed by atoms with Crippen LogP contribution in [-0.2, 0) is 0 Å². The molecule has 6 aromatic carbocycles. The summed E-state index contributed by atoms with van der Waals surface area (Å²) < 4.78 is 0. The maximum atomic E-state index is 3.73. The van der Waals surface area contributed by atoms with Gasteiger partial charge in [0.15, 0.2) is 0 Å². The summed E-state index contributed by atoms with van der Waals surface area (Å²) in [6.07, 6.45) is 0. The Morgan fingerprint density at radius 3 is 0.795 bits per heavy atom. The molecule has 0 heterocycles. The first-order valence-corrected chi connectivity index (χ1v) is 29.7. The van der Waals surface area contributed by atoms with Crippen molar-refractivity contribution in [2.75, 3.05) is 0 Å².